The van der Waals surface area contributed by atoms with E-state index in [1.807, 2.05) is 12.1 Å². The van der Waals surface area contributed by atoms with Crippen LogP contribution < -0.4 is 24.8 Å². The van der Waals surface area contributed by atoms with Crippen molar-refractivity contribution in [3.63, 3.8) is 0 Å². The van der Waals surface area contributed by atoms with Crippen LogP contribution in [0.25, 0.3) is 11.1 Å². The molecule has 144 valence electrons. The van der Waals surface area contributed by atoms with Crippen LogP contribution in [0.15, 0.2) is 85.0 Å². The van der Waals surface area contributed by atoms with Crippen LogP contribution >= 0.6 is 0 Å². The molecule has 0 fully saturated rings. The molecule has 2 aromatic carbocycles. The molecule has 3 heteroatoms. The van der Waals surface area contributed by atoms with E-state index in [-0.39, 0.29) is 24.8 Å². The summed E-state index contributed by atoms with van der Waals surface area (Å²) in [4.78, 5) is 0. The van der Waals surface area contributed by atoms with Gasteiger partial charge in [0.05, 0.1) is 0 Å². The van der Waals surface area contributed by atoms with Gasteiger partial charge in [0, 0.05) is 0 Å². The Hall–Kier alpha value is -1.44. The first-order chi connectivity index (χ1) is 12.7. The molecule has 2 aromatic rings. The molecule has 0 heterocycles. The zero-order chi connectivity index (χ0) is 18.6. The zero-order valence-corrected chi connectivity index (χ0v) is 19.3. The summed E-state index contributed by atoms with van der Waals surface area (Å²) in [6.07, 6.45) is 16.7. The standard InChI is InChI=1S/2C11H9.C3H6.2ClH.Ti/c2*1-2-6-10(7-3-1)11-8-4-5-9-11;1-3-2;;;/h2*1-3,6-9H,4H2;1-2H3;2*1H;/q2*-1;;;;+2/p-2. The Morgan fingerprint density at radius 3 is 1.25 bits per heavy atom. The number of allylic oxidation sites excluding steroid dienone is 8. The van der Waals surface area contributed by atoms with Gasteiger partial charge >= 0.3 is 37.6 Å². The summed E-state index contributed by atoms with van der Waals surface area (Å²) in [5, 5.41) is 0. The molecule has 0 bridgehead atoms. The van der Waals surface area contributed by atoms with Crippen molar-refractivity contribution >= 4 is 15.0 Å². The number of rotatable bonds is 2. The molecule has 0 aliphatic heterocycles. The number of halogens is 2. The van der Waals surface area contributed by atoms with Gasteiger partial charge in [0.25, 0.3) is 0 Å². The van der Waals surface area contributed by atoms with Gasteiger partial charge in [-0.15, -0.1) is 24.0 Å². The molecule has 0 radical (unpaired) electrons. The topological polar surface area (TPSA) is 0 Å². The molecule has 0 saturated heterocycles. The number of hydrogen-bond donors (Lipinski definition) is 0. The summed E-state index contributed by atoms with van der Waals surface area (Å²) < 4.78 is 1.42. The van der Waals surface area contributed by atoms with Crippen LogP contribution in [0.4, 0.5) is 0 Å². The summed E-state index contributed by atoms with van der Waals surface area (Å²) in [5.41, 5.74) is 5.17. The SMILES string of the molecule is C[C](C)=[Ti+2].[C-]1=CC(c2ccccc2)=CC1.[C-]1=CC(c2ccccc2)=CC1.[Cl-].[Cl-]. The van der Waals surface area contributed by atoms with Crippen LogP contribution in [-0.2, 0) is 20.0 Å². The summed E-state index contributed by atoms with van der Waals surface area (Å²) in [5.74, 6) is 0. The molecule has 0 amide bonds. The van der Waals surface area contributed by atoms with Gasteiger partial charge in [0.2, 0.25) is 0 Å². The van der Waals surface area contributed by atoms with Crippen LogP contribution in [0.1, 0.15) is 37.8 Å². The fraction of sp³-hybridized carbons (Fsp3) is 0.160. The number of hydrogen-bond acceptors (Lipinski definition) is 0. The average Bonchev–Trinajstić information content (AvgIpc) is 3.37. The van der Waals surface area contributed by atoms with Crippen molar-refractivity contribution < 1.29 is 44.8 Å². The third-order valence-electron chi connectivity index (χ3n) is 3.61. The fourth-order valence-corrected chi connectivity index (χ4v) is 2.46. The Bertz CT molecular complexity index is 747. The first-order valence-electron chi connectivity index (χ1n) is 8.83. The molecule has 0 unspecified atom stereocenters. The van der Waals surface area contributed by atoms with Gasteiger partial charge in [-0.1, -0.05) is 60.7 Å². The van der Waals surface area contributed by atoms with Crippen molar-refractivity contribution in [1.82, 2.24) is 0 Å². The van der Waals surface area contributed by atoms with E-state index in [1.54, 1.807) is 0 Å². The van der Waals surface area contributed by atoms with Gasteiger partial charge < -0.3 is 24.8 Å². The maximum atomic E-state index is 3.15. The molecule has 0 atom stereocenters. The van der Waals surface area contributed by atoms with Crippen LogP contribution in [0, 0.1) is 12.2 Å². The second-order valence-corrected chi connectivity index (χ2v) is 7.72. The smallest absolute Gasteiger partial charge is 0.0623 e. The largest absolute Gasteiger partial charge is 1.00 e. The Kier molecular flexibility index (Phi) is 14.7. The zero-order valence-electron chi connectivity index (χ0n) is 16.3. The first-order valence-corrected chi connectivity index (χ1v) is 9.61. The van der Waals surface area contributed by atoms with E-state index in [2.05, 4.69) is 119 Å². The van der Waals surface area contributed by atoms with Crippen LogP contribution in [-0.4, -0.2) is 3.81 Å². The van der Waals surface area contributed by atoms with Crippen LogP contribution in [0.2, 0.25) is 0 Å². The molecular formula is C25H24Cl2Ti-2. The first kappa shape index (κ1) is 26.6. The minimum absolute atomic E-state index is 0. The van der Waals surface area contributed by atoms with Gasteiger partial charge in [-0.05, 0) is 0 Å². The van der Waals surface area contributed by atoms with Crippen molar-refractivity contribution in [3.05, 3.63) is 108 Å². The minimum Gasteiger partial charge on any atom is -1.00 e. The summed E-state index contributed by atoms with van der Waals surface area (Å²) >= 11 is 2.08. The van der Waals surface area contributed by atoms with E-state index in [1.165, 1.54) is 26.1 Å². The van der Waals surface area contributed by atoms with Gasteiger partial charge in [-0.25, -0.2) is 12.2 Å². The van der Waals surface area contributed by atoms with E-state index < -0.39 is 0 Å². The second-order valence-electron chi connectivity index (χ2n) is 6.16. The van der Waals surface area contributed by atoms with E-state index >= 15 is 0 Å². The third kappa shape index (κ3) is 10.2. The quantitative estimate of drug-likeness (QED) is 0.467. The van der Waals surface area contributed by atoms with Crippen molar-refractivity contribution in [3.8, 4) is 0 Å². The maximum absolute atomic E-state index is 3.15. The van der Waals surface area contributed by atoms with Crippen LogP contribution in [0.5, 0.6) is 0 Å². The van der Waals surface area contributed by atoms with E-state index in [0.717, 1.165) is 12.8 Å². The molecule has 0 saturated carbocycles. The molecule has 0 N–H and O–H groups in total. The van der Waals surface area contributed by atoms with Gasteiger partial charge in [-0.3, -0.25) is 12.2 Å². The van der Waals surface area contributed by atoms with Crippen LogP contribution in [0.3, 0.4) is 0 Å². The van der Waals surface area contributed by atoms with Crippen molar-refractivity contribution in [2.45, 2.75) is 26.7 Å². The molecule has 0 aromatic heterocycles. The van der Waals surface area contributed by atoms with Gasteiger partial charge in [0.1, 0.15) is 0 Å². The average molecular weight is 443 g/mol. The third-order valence-corrected chi connectivity index (χ3v) is 3.61. The van der Waals surface area contributed by atoms with Crippen molar-refractivity contribution in [2.75, 3.05) is 0 Å². The van der Waals surface area contributed by atoms with Crippen molar-refractivity contribution in [2.24, 2.45) is 0 Å². The predicted molar refractivity (Wildman–Crippen MR) is 110 cm³/mol. The molecule has 2 aliphatic rings. The number of benzene rings is 2. The monoisotopic (exact) mass is 442 g/mol. The predicted octanol–water partition coefficient (Wildman–Crippen LogP) is 0.420. The normalized spacial score (nSPS) is 12.9. The Balaban J connectivity index is 0.000000415. The minimum atomic E-state index is 0. The Labute approximate surface area is 193 Å². The second kappa shape index (κ2) is 15.5. The molecule has 0 nitrogen and oxygen atoms in total. The molecule has 0 spiro atoms. The summed E-state index contributed by atoms with van der Waals surface area (Å²) in [6.45, 7) is 4.17. The Morgan fingerprint density at radius 1 is 0.679 bits per heavy atom. The van der Waals surface area contributed by atoms with E-state index in [0.29, 0.717) is 0 Å². The summed E-state index contributed by atoms with van der Waals surface area (Å²) in [7, 11) is 0. The Morgan fingerprint density at radius 2 is 1.00 bits per heavy atom. The van der Waals surface area contributed by atoms with E-state index in [4.69, 9.17) is 0 Å². The molecular weight excluding hydrogens is 419 g/mol. The maximum Gasteiger partial charge on any atom is -0.0623 e. The molecule has 2 aliphatic carbocycles. The van der Waals surface area contributed by atoms with Crippen molar-refractivity contribution in [1.29, 1.82) is 0 Å². The van der Waals surface area contributed by atoms with E-state index in [9.17, 15) is 0 Å². The molecule has 28 heavy (non-hydrogen) atoms. The molecule has 4 rings (SSSR count). The fourth-order valence-electron chi connectivity index (χ4n) is 2.46. The van der Waals surface area contributed by atoms with Gasteiger partial charge in [-0.2, -0.15) is 23.3 Å². The summed E-state index contributed by atoms with van der Waals surface area (Å²) in [6, 6.07) is 20.8. The van der Waals surface area contributed by atoms with Gasteiger partial charge in [0.15, 0.2) is 0 Å².